The summed E-state index contributed by atoms with van der Waals surface area (Å²) in [5.74, 6) is -0.110. The van der Waals surface area contributed by atoms with Crippen molar-refractivity contribution in [3.8, 4) is 11.1 Å². The molecule has 1 aliphatic heterocycles. The molecule has 3 rings (SSSR count). The highest BCUT2D eigenvalue weighted by atomic mass is 32.1. The van der Waals surface area contributed by atoms with E-state index < -0.39 is 17.0 Å². The molecule has 3 N–H and O–H groups in total. The van der Waals surface area contributed by atoms with Crippen molar-refractivity contribution in [2.24, 2.45) is 11.7 Å². The van der Waals surface area contributed by atoms with E-state index in [2.05, 4.69) is 0 Å². The Morgan fingerprint density at radius 2 is 1.82 bits per heavy atom. The molecule has 216 valence electrons. The van der Waals surface area contributed by atoms with Gasteiger partial charge in [-0.2, -0.15) is 13.2 Å². The molecular weight excluding hydrogens is 525 g/mol. The second-order valence-corrected chi connectivity index (χ2v) is 10.1. The van der Waals surface area contributed by atoms with Crippen molar-refractivity contribution in [1.29, 1.82) is 0 Å². The van der Waals surface area contributed by atoms with Crippen LogP contribution in [-0.2, 0) is 22.1 Å². The van der Waals surface area contributed by atoms with Gasteiger partial charge in [-0.25, -0.2) is 0 Å². The molecule has 0 bridgehead atoms. The molecule has 0 aliphatic carbocycles. The van der Waals surface area contributed by atoms with Crippen molar-refractivity contribution >= 4 is 17.3 Å². The van der Waals surface area contributed by atoms with Gasteiger partial charge in [0.15, 0.2) is 0 Å². The SMILES string of the molecule is C/C=C\C(C)=CC(N)/C=C(\C)OCCc1cc(-c2ccccc2)c(C(F)(F)F)s1.CC.CN1CC(C(=O)O)C1. The molecule has 0 amide bonds. The summed E-state index contributed by atoms with van der Waals surface area (Å²) in [6.45, 7) is 11.4. The van der Waals surface area contributed by atoms with E-state index in [1.807, 2.05) is 57.9 Å². The van der Waals surface area contributed by atoms with Crippen molar-refractivity contribution in [2.75, 3.05) is 26.7 Å². The first-order valence-electron chi connectivity index (χ1n) is 12.9. The highest BCUT2D eigenvalue weighted by molar-refractivity contribution is 7.12. The zero-order chi connectivity index (χ0) is 29.6. The number of nitrogens with two attached hydrogens (primary N) is 1. The topological polar surface area (TPSA) is 75.8 Å². The second kappa shape index (κ2) is 16.9. The molecular formula is C30H41F3N2O3S. The van der Waals surface area contributed by atoms with E-state index in [4.69, 9.17) is 15.6 Å². The van der Waals surface area contributed by atoms with Crippen LogP contribution in [0.3, 0.4) is 0 Å². The maximum absolute atomic E-state index is 13.4. The number of carboxylic acid groups (broad SMARTS) is 1. The number of alkyl halides is 3. The predicted octanol–water partition coefficient (Wildman–Crippen LogP) is 7.41. The van der Waals surface area contributed by atoms with Gasteiger partial charge in [0.1, 0.15) is 4.88 Å². The number of benzene rings is 1. The summed E-state index contributed by atoms with van der Waals surface area (Å²) in [4.78, 5) is 12.1. The van der Waals surface area contributed by atoms with Gasteiger partial charge >= 0.3 is 12.1 Å². The largest absolute Gasteiger partial charge is 0.498 e. The molecule has 0 radical (unpaired) electrons. The van der Waals surface area contributed by atoms with E-state index in [9.17, 15) is 18.0 Å². The Kier molecular flexibility index (Phi) is 14.8. The predicted molar refractivity (Wildman–Crippen MR) is 155 cm³/mol. The van der Waals surface area contributed by atoms with Gasteiger partial charge in [-0.15, -0.1) is 11.3 Å². The maximum atomic E-state index is 13.4. The van der Waals surface area contributed by atoms with E-state index in [0.29, 0.717) is 29.2 Å². The van der Waals surface area contributed by atoms with Crippen LogP contribution < -0.4 is 5.73 Å². The Bertz CT molecular complexity index is 1100. The van der Waals surface area contributed by atoms with Crippen LogP contribution in [-0.4, -0.2) is 48.8 Å². The van der Waals surface area contributed by atoms with Gasteiger partial charge in [0.05, 0.1) is 18.3 Å². The minimum Gasteiger partial charge on any atom is -0.498 e. The van der Waals surface area contributed by atoms with E-state index in [0.717, 1.165) is 30.0 Å². The number of nitrogens with zero attached hydrogens (tertiary/aromatic N) is 1. The summed E-state index contributed by atoms with van der Waals surface area (Å²) < 4.78 is 46.0. The van der Waals surface area contributed by atoms with Crippen LogP contribution in [0.1, 0.15) is 44.4 Å². The van der Waals surface area contributed by atoms with E-state index in [-0.39, 0.29) is 17.5 Å². The molecule has 1 atom stereocenters. The summed E-state index contributed by atoms with van der Waals surface area (Å²) in [6, 6.07) is 9.96. The first-order valence-corrected chi connectivity index (χ1v) is 13.8. The van der Waals surface area contributed by atoms with Crippen LogP contribution in [0.2, 0.25) is 0 Å². The van der Waals surface area contributed by atoms with Crippen molar-refractivity contribution in [3.63, 3.8) is 0 Å². The molecule has 1 aromatic heterocycles. The van der Waals surface area contributed by atoms with Gasteiger partial charge in [-0.05, 0) is 45.5 Å². The highest BCUT2D eigenvalue weighted by Crippen LogP contribution is 2.42. The number of aliphatic carboxylic acids is 1. The summed E-state index contributed by atoms with van der Waals surface area (Å²) >= 11 is 0.774. The second-order valence-electron chi connectivity index (χ2n) is 8.94. The Morgan fingerprint density at radius 1 is 1.21 bits per heavy atom. The molecule has 0 saturated carbocycles. The fraction of sp³-hybridized carbons (Fsp3) is 0.433. The first kappa shape index (κ1) is 34.1. The molecule has 1 aromatic carbocycles. The number of rotatable bonds is 9. The zero-order valence-electron chi connectivity index (χ0n) is 23.6. The van der Waals surface area contributed by atoms with Crippen molar-refractivity contribution in [1.82, 2.24) is 4.90 Å². The molecule has 9 heteroatoms. The molecule has 0 spiro atoms. The monoisotopic (exact) mass is 566 g/mol. The molecule has 5 nitrogen and oxygen atoms in total. The molecule has 1 unspecified atom stereocenters. The van der Waals surface area contributed by atoms with Crippen LogP contribution in [0, 0.1) is 5.92 Å². The van der Waals surface area contributed by atoms with E-state index in [1.54, 1.807) is 49.4 Å². The number of carboxylic acids is 1. The quantitative estimate of drug-likeness (QED) is 0.244. The number of ether oxygens (including phenoxy) is 1. The minimum atomic E-state index is -4.38. The van der Waals surface area contributed by atoms with Crippen molar-refractivity contribution in [3.05, 3.63) is 81.8 Å². The molecule has 2 heterocycles. The lowest BCUT2D eigenvalue weighted by Crippen LogP contribution is -2.47. The van der Waals surface area contributed by atoms with Crippen LogP contribution >= 0.6 is 11.3 Å². The summed E-state index contributed by atoms with van der Waals surface area (Å²) in [7, 11) is 1.92. The molecule has 39 heavy (non-hydrogen) atoms. The lowest BCUT2D eigenvalue weighted by Gasteiger charge is -2.32. The number of hydrogen-bond donors (Lipinski definition) is 2. The number of carbonyl (C=O) groups is 1. The molecule has 1 aliphatic rings. The summed E-state index contributed by atoms with van der Waals surface area (Å²) in [6.07, 6.45) is 3.61. The van der Waals surface area contributed by atoms with Crippen LogP contribution in [0.25, 0.3) is 11.1 Å². The summed E-state index contributed by atoms with van der Waals surface area (Å²) in [5, 5.41) is 8.32. The first-order chi connectivity index (χ1) is 18.4. The highest BCUT2D eigenvalue weighted by Gasteiger charge is 2.36. The Balaban J connectivity index is 0.000000641. The normalized spacial score (nSPS) is 15.5. The van der Waals surface area contributed by atoms with Gasteiger partial charge in [0.2, 0.25) is 0 Å². The van der Waals surface area contributed by atoms with Gasteiger partial charge in [-0.3, -0.25) is 4.79 Å². The third kappa shape index (κ3) is 12.2. The fourth-order valence-electron chi connectivity index (χ4n) is 3.76. The number of thiophene rings is 1. The average molecular weight is 567 g/mol. The lowest BCUT2D eigenvalue weighted by atomic mass is 10.0. The standard InChI is InChI=1S/C23H26F3NOS.C5H9NO2.C2H6/c1-4-8-16(2)13-19(27)14-17(3)28-12-11-20-15-21(18-9-6-5-7-10-18)22(29-20)23(24,25)26;1-6-2-4(3-6)5(7)8;1-2/h4-10,13-15,19H,11-12,27H2,1-3H3;4H,2-3H2,1H3,(H,7,8);1-2H3/b8-4-,16-13?,17-14+;;. The summed E-state index contributed by atoms with van der Waals surface area (Å²) in [5.41, 5.74) is 7.87. The Morgan fingerprint density at radius 3 is 2.31 bits per heavy atom. The van der Waals surface area contributed by atoms with Crippen molar-refractivity contribution < 1.29 is 27.8 Å². The number of allylic oxidation sites excluding steroid dienone is 4. The molecule has 1 saturated heterocycles. The molecule has 1 fully saturated rings. The zero-order valence-corrected chi connectivity index (χ0v) is 24.4. The van der Waals surface area contributed by atoms with Gasteiger partial charge < -0.3 is 20.5 Å². The van der Waals surface area contributed by atoms with E-state index >= 15 is 0 Å². The Labute approximate surface area is 234 Å². The average Bonchev–Trinajstić information content (AvgIpc) is 3.29. The Hall–Kier alpha value is -2.88. The number of halogens is 3. The third-order valence-electron chi connectivity index (χ3n) is 5.53. The molecule has 2 aromatic rings. The third-order valence-corrected chi connectivity index (χ3v) is 6.77. The number of hydrogen-bond acceptors (Lipinski definition) is 5. The van der Waals surface area contributed by atoms with Crippen LogP contribution in [0.5, 0.6) is 0 Å². The fourth-order valence-corrected chi connectivity index (χ4v) is 4.79. The van der Waals surface area contributed by atoms with Crippen molar-refractivity contribution in [2.45, 2.75) is 53.3 Å². The van der Waals surface area contributed by atoms with E-state index in [1.165, 1.54) is 0 Å². The number of likely N-dealkylation sites (tertiary alicyclic amines) is 1. The van der Waals surface area contributed by atoms with Gasteiger partial charge in [-0.1, -0.05) is 68.0 Å². The lowest BCUT2D eigenvalue weighted by molar-refractivity contribution is -0.146. The van der Waals surface area contributed by atoms with Gasteiger partial charge in [0, 0.05) is 36.0 Å². The van der Waals surface area contributed by atoms with Crippen LogP contribution in [0.4, 0.5) is 13.2 Å². The minimum absolute atomic E-state index is 0.0972. The smallest absolute Gasteiger partial charge is 0.426 e. The van der Waals surface area contributed by atoms with Crippen LogP contribution in [0.15, 0.2) is 72.0 Å². The van der Waals surface area contributed by atoms with Gasteiger partial charge in [0.25, 0.3) is 0 Å². The maximum Gasteiger partial charge on any atom is 0.426 e.